The van der Waals surface area contributed by atoms with Gasteiger partial charge in [0.25, 0.3) is 5.91 Å². The molecule has 1 aliphatic heterocycles. The van der Waals surface area contributed by atoms with Crippen LogP contribution in [0.4, 0.5) is 0 Å². The van der Waals surface area contributed by atoms with Crippen LogP contribution in [-0.4, -0.2) is 59.3 Å². The number of likely N-dealkylation sites (tertiary alicyclic amines) is 1. The molecule has 1 amide bonds. The van der Waals surface area contributed by atoms with E-state index in [1.807, 2.05) is 29.2 Å². The van der Waals surface area contributed by atoms with Gasteiger partial charge in [-0.2, -0.15) is 5.10 Å². The molecule has 0 aliphatic carbocycles. The molecular formula is C16H18N8O. The molecule has 9 heteroatoms. The summed E-state index contributed by atoms with van der Waals surface area (Å²) in [5.74, 6) is 1.13. The number of benzene rings is 1. The minimum absolute atomic E-state index is 0.0539. The molecule has 25 heavy (non-hydrogen) atoms. The SMILES string of the molecule is O=C(c1ccc(Cn2cnnn2)cc1)N1CCCC(c2ncn[nH]2)C1. The fraction of sp³-hybridized carbons (Fsp3) is 0.375. The topological polar surface area (TPSA) is 105 Å². The standard InChI is InChI=1S/C16H18N8O/c25-16(23-7-1-2-14(9-23)15-17-10-18-20-15)13-5-3-12(4-6-13)8-24-11-19-21-22-24/h3-6,10-11,14H,1-2,7-9H2,(H,17,18,20). The Labute approximate surface area is 144 Å². The Balaban J connectivity index is 1.43. The van der Waals surface area contributed by atoms with Crippen LogP contribution in [0.1, 0.15) is 40.5 Å². The van der Waals surface area contributed by atoms with Crippen LogP contribution in [0.2, 0.25) is 0 Å². The molecule has 0 spiro atoms. The summed E-state index contributed by atoms with van der Waals surface area (Å²) < 4.78 is 1.64. The molecule has 1 aliphatic rings. The Bertz CT molecular complexity index is 812. The Morgan fingerprint density at radius 1 is 1.28 bits per heavy atom. The normalized spacial score (nSPS) is 17.6. The lowest BCUT2D eigenvalue weighted by Gasteiger charge is -2.31. The summed E-state index contributed by atoms with van der Waals surface area (Å²) in [6.07, 6.45) is 5.06. The highest BCUT2D eigenvalue weighted by atomic mass is 16.2. The minimum atomic E-state index is 0.0539. The van der Waals surface area contributed by atoms with Crippen LogP contribution in [0.3, 0.4) is 0 Å². The average molecular weight is 338 g/mol. The van der Waals surface area contributed by atoms with E-state index in [-0.39, 0.29) is 11.8 Å². The molecule has 1 N–H and O–H groups in total. The third-order valence-corrected chi connectivity index (χ3v) is 4.47. The second-order valence-corrected chi connectivity index (χ2v) is 6.17. The van der Waals surface area contributed by atoms with Gasteiger partial charge in [0, 0.05) is 24.6 Å². The number of amides is 1. The number of aromatic amines is 1. The average Bonchev–Trinajstić information content (AvgIpc) is 3.36. The van der Waals surface area contributed by atoms with Gasteiger partial charge in [-0.15, -0.1) is 5.10 Å². The third kappa shape index (κ3) is 3.39. The molecule has 4 rings (SSSR count). The first-order valence-electron chi connectivity index (χ1n) is 8.24. The van der Waals surface area contributed by atoms with Crippen molar-refractivity contribution in [3.8, 4) is 0 Å². The quantitative estimate of drug-likeness (QED) is 0.756. The molecule has 0 bridgehead atoms. The van der Waals surface area contributed by atoms with E-state index in [1.54, 1.807) is 11.0 Å². The van der Waals surface area contributed by atoms with Gasteiger partial charge < -0.3 is 4.90 Å². The fourth-order valence-corrected chi connectivity index (χ4v) is 3.17. The molecule has 1 atom stereocenters. The van der Waals surface area contributed by atoms with Crippen molar-refractivity contribution in [2.75, 3.05) is 13.1 Å². The van der Waals surface area contributed by atoms with E-state index in [1.165, 1.54) is 6.33 Å². The Kier molecular flexibility index (Phi) is 4.19. The van der Waals surface area contributed by atoms with Crippen LogP contribution in [-0.2, 0) is 6.54 Å². The lowest BCUT2D eigenvalue weighted by molar-refractivity contribution is 0.0704. The molecule has 2 aromatic heterocycles. The summed E-state index contributed by atoms with van der Waals surface area (Å²) in [4.78, 5) is 18.9. The van der Waals surface area contributed by atoms with Crippen molar-refractivity contribution in [1.29, 1.82) is 0 Å². The molecule has 1 saturated heterocycles. The Morgan fingerprint density at radius 2 is 2.16 bits per heavy atom. The highest BCUT2D eigenvalue weighted by Crippen LogP contribution is 2.25. The molecule has 1 aromatic carbocycles. The first-order valence-corrected chi connectivity index (χ1v) is 8.24. The van der Waals surface area contributed by atoms with E-state index in [0.717, 1.165) is 30.8 Å². The van der Waals surface area contributed by atoms with Gasteiger partial charge >= 0.3 is 0 Å². The van der Waals surface area contributed by atoms with E-state index < -0.39 is 0 Å². The predicted molar refractivity (Wildman–Crippen MR) is 87.6 cm³/mol. The predicted octanol–water partition coefficient (Wildman–Crippen LogP) is 0.859. The highest BCUT2D eigenvalue weighted by Gasteiger charge is 2.27. The van der Waals surface area contributed by atoms with Crippen LogP contribution in [0.5, 0.6) is 0 Å². The second kappa shape index (κ2) is 6.80. The number of rotatable bonds is 4. The smallest absolute Gasteiger partial charge is 0.253 e. The number of carbonyl (C=O) groups is 1. The summed E-state index contributed by atoms with van der Waals surface area (Å²) in [5.41, 5.74) is 1.74. The molecular weight excluding hydrogens is 320 g/mol. The summed E-state index contributed by atoms with van der Waals surface area (Å²) in [7, 11) is 0. The van der Waals surface area contributed by atoms with Crippen LogP contribution in [0, 0.1) is 0 Å². The molecule has 0 saturated carbocycles. The number of piperidine rings is 1. The van der Waals surface area contributed by atoms with Crippen molar-refractivity contribution in [3.05, 3.63) is 53.9 Å². The number of carbonyl (C=O) groups excluding carboxylic acids is 1. The van der Waals surface area contributed by atoms with Gasteiger partial charge in [-0.3, -0.25) is 9.89 Å². The summed E-state index contributed by atoms with van der Waals surface area (Å²) in [6.45, 7) is 2.02. The Hall–Kier alpha value is -3.10. The van der Waals surface area contributed by atoms with Crippen LogP contribution >= 0.6 is 0 Å². The van der Waals surface area contributed by atoms with Gasteiger partial charge in [0.2, 0.25) is 0 Å². The second-order valence-electron chi connectivity index (χ2n) is 6.17. The number of hydrogen-bond donors (Lipinski definition) is 1. The van der Waals surface area contributed by atoms with Crippen molar-refractivity contribution in [3.63, 3.8) is 0 Å². The first-order chi connectivity index (χ1) is 12.3. The van der Waals surface area contributed by atoms with E-state index in [4.69, 9.17) is 0 Å². The van der Waals surface area contributed by atoms with Crippen molar-refractivity contribution in [2.45, 2.75) is 25.3 Å². The number of tetrazole rings is 1. The molecule has 3 heterocycles. The number of hydrogen-bond acceptors (Lipinski definition) is 6. The minimum Gasteiger partial charge on any atom is -0.338 e. The first kappa shape index (κ1) is 15.4. The van der Waals surface area contributed by atoms with Crippen LogP contribution < -0.4 is 0 Å². The van der Waals surface area contributed by atoms with Gasteiger partial charge in [-0.1, -0.05) is 12.1 Å². The zero-order chi connectivity index (χ0) is 17.1. The number of aromatic nitrogens is 7. The lowest BCUT2D eigenvalue weighted by Crippen LogP contribution is -2.39. The van der Waals surface area contributed by atoms with E-state index in [2.05, 4.69) is 30.7 Å². The lowest BCUT2D eigenvalue weighted by atomic mass is 9.96. The van der Waals surface area contributed by atoms with E-state index >= 15 is 0 Å². The molecule has 1 fully saturated rings. The van der Waals surface area contributed by atoms with Crippen LogP contribution in [0.25, 0.3) is 0 Å². The third-order valence-electron chi connectivity index (χ3n) is 4.47. The van der Waals surface area contributed by atoms with Gasteiger partial charge in [-0.25, -0.2) is 9.67 Å². The van der Waals surface area contributed by atoms with Crippen LogP contribution in [0.15, 0.2) is 36.9 Å². The summed E-state index contributed by atoms with van der Waals surface area (Å²) >= 11 is 0. The van der Waals surface area contributed by atoms with Crippen molar-refractivity contribution < 1.29 is 4.79 Å². The van der Waals surface area contributed by atoms with Gasteiger partial charge in [0.15, 0.2) is 0 Å². The molecule has 0 radical (unpaired) electrons. The number of nitrogens with zero attached hydrogens (tertiary/aromatic N) is 7. The van der Waals surface area contributed by atoms with Gasteiger partial charge in [0.05, 0.1) is 6.54 Å². The largest absolute Gasteiger partial charge is 0.338 e. The van der Waals surface area contributed by atoms with Crippen molar-refractivity contribution >= 4 is 5.91 Å². The summed E-state index contributed by atoms with van der Waals surface area (Å²) in [5, 5.41) is 17.9. The van der Waals surface area contributed by atoms with Gasteiger partial charge in [0.1, 0.15) is 18.5 Å². The van der Waals surface area contributed by atoms with E-state index in [9.17, 15) is 4.79 Å². The molecule has 3 aromatic rings. The van der Waals surface area contributed by atoms with E-state index in [0.29, 0.717) is 18.7 Å². The monoisotopic (exact) mass is 338 g/mol. The molecule has 128 valence electrons. The molecule has 1 unspecified atom stereocenters. The Morgan fingerprint density at radius 3 is 2.88 bits per heavy atom. The zero-order valence-corrected chi connectivity index (χ0v) is 13.6. The maximum absolute atomic E-state index is 12.8. The number of H-pyrrole nitrogens is 1. The number of nitrogens with one attached hydrogen (secondary N) is 1. The van der Waals surface area contributed by atoms with Crippen molar-refractivity contribution in [1.82, 2.24) is 40.3 Å². The highest BCUT2D eigenvalue weighted by molar-refractivity contribution is 5.94. The van der Waals surface area contributed by atoms with Crippen molar-refractivity contribution in [2.24, 2.45) is 0 Å². The summed E-state index contributed by atoms with van der Waals surface area (Å²) in [6, 6.07) is 7.60. The molecule has 9 nitrogen and oxygen atoms in total. The fourth-order valence-electron chi connectivity index (χ4n) is 3.17. The zero-order valence-electron chi connectivity index (χ0n) is 13.6. The maximum Gasteiger partial charge on any atom is 0.253 e. The van der Waals surface area contributed by atoms with Gasteiger partial charge in [-0.05, 0) is 41.0 Å². The maximum atomic E-state index is 12.8.